The lowest BCUT2D eigenvalue weighted by Crippen LogP contribution is -2.47. The molecule has 1 aliphatic rings. The van der Waals surface area contributed by atoms with Crippen LogP contribution in [0.4, 0.5) is 10.1 Å². The number of hydrogen-bond acceptors (Lipinski definition) is 5. The number of carbonyl (C=O) groups excluding carboxylic acids is 1. The molecule has 30 heavy (non-hydrogen) atoms. The van der Waals surface area contributed by atoms with E-state index in [1.807, 2.05) is 24.3 Å². The zero-order chi connectivity index (χ0) is 21.3. The molecule has 2 heterocycles. The van der Waals surface area contributed by atoms with Crippen molar-refractivity contribution < 1.29 is 13.9 Å². The summed E-state index contributed by atoms with van der Waals surface area (Å²) in [5.74, 6) is 0.0337. The van der Waals surface area contributed by atoms with E-state index >= 15 is 0 Å². The van der Waals surface area contributed by atoms with Crippen LogP contribution >= 0.6 is 0 Å². The topological polar surface area (TPSA) is 67.7 Å². The molecule has 1 atom stereocenters. The van der Waals surface area contributed by atoms with Crippen LogP contribution in [0.3, 0.4) is 0 Å². The van der Waals surface area contributed by atoms with Crippen LogP contribution in [0.25, 0.3) is 10.9 Å². The van der Waals surface area contributed by atoms with Gasteiger partial charge in [-0.25, -0.2) is 9.37 Å². The minimum Gasteiger partial charge on any atom is -0.485 e. The zero-order valence-corrected chi connectivity index (χ0v) is 16.9. The molecule has 1 amide bonds. The largest absolute Gasteiger partial charge is 0.485 e. The molecule has 8 heteroatoms. The van der Waals surface area contributed by atoms with Crippen LogP contribution in [0, 0.1) is 5.82 Å². The summed E-state index contributed by atoms with van der Waals surface area (Å²) in [6, 6.07) is 11.7. The van der Waals surface area contributed by atoms with Gasteiger partial charge in [-0.1, -0.05) is 12.1 Å². The fourth-order valence-electron chi connectivity index (χ4n) is 3.69. The highest BCUT2D eigenvalue weighted by molar-refractivity contribution is 5.79. The fourth-order valence-corrected chi connectivity index (χ4v) is 3.69. The molecule has 0 saturated heterocycles. The minimum atomic E-state index is -0.516. The first-order chi connectivity index (χ1) is 14.5. The van der Waals surface area contributed by atoms with Gasteiger partial charge < -0.3 is 14.5 Å². The van der Waals surface area contributed by atoms with Crippen molar-refractivity contribution >= 4 is 22.5 Å². The Labute approximate surface area is 173 Å². The molecule has 7 nitrogen and oxygen atoms in total. The molecule has 156 valence electrons. The van der Waals surface area contributed by atoms with Gasteiger partial charge in [0.1, 0.15) is 24.2 Å². The quantitative estimate of drug-likeness (QED) is 0.646. The van der Waals surface area contributed by atoms with Crippen molar-refractivity contribution in [2.45, 2.75) is 19.6 Å². The maximum absolute atomic E-state index is 13.5. The van der Waals surface area contributed by atoms with E-state index in [4.69, 9.17) is 4.74 Å². The molecule has 1 aliphatic heterocycles. The number of likely N-dealkylation sites (N-methyl/N-ethyl adjacent to an activating group) is 2. The number of anilines is 1. The van der Waals surface area contributed by atoms with E-state index in [1.165, 1.54) is 23.0 Å². The van der Waals surface area contributed by atoms with Crippen LogP contribution in [-0.2, 0) is 11.3 Å². The SMILES string of the molecule is CCN1C[C@H](CN(C)C(=O)Cn2cnc3ccc(F)cc3c2=O)Oc2ccccc21. The molecule has 0 bridgehead atoms. The summed E-state index contributed by atoms with van der Waals surface area (Å²) >= 11 is 0. The lowest BCUT2D eigenvalue weighted by atomic mass is 10.2. The molecule has 0 unspecified atom stereocenters. The highest BCUT2D eigenvalue weighted by Crippen LogP contribution is 2.32. The second kappa shape index (κ2) is 8.14. The Balaban J connectivity index is 1.47. The van der Waals surface area contributed by atoms with Gasteiger partial charge in [0.05, 0.1) is 36.0 Å². The Kier molecular flexibility index (Phi) is 5.39. The molecule has 1 aromatic heterocycles. The molecular weight excluding hydrogens is 387 g/mol. The second-order valence-electron chi connectivity index (χ2n) is 7.36. The summed E-state index contributed by atoms with van der Waals surface area (Å²) in [6.45, 7) is 3.80. The average Bonchev–Trinajstić information content (AvgIpc) is 2.75. The molecule has 0 aliphatic carbocycles. The van der Waals surface area contributed by atoms with Crippen molar-refractivity contribution in [2.75, 3.05) is 31.6 Å². The van der Waals surface area contributed by atoms with E-state index in [1.54, 1.807) is 11.9 Å². The Morgan fingerprint density at radius 3 is 2.90 bits per heavy atom. The van der Waals surface area contributed by atoms with Crippen molar-refractivity contribution in [1.29, 1.82) is 0 Å². The molecule has 0 spiro atoms. The number of fused-ring (bicyclic) bond motifs is 2. The molecular formula is C22H23FN4O3. The van der Waals surface area contributed by atoms with Gasteiger partial charge in [-0.2, -0.15) is 0 Å². The monoisotopic (exact) mass is 410 g/mol. The summed E-state index contributed by atoms with van der Waals surface area (Å²) in [7, 11) is 1.68. The van der Waals surface area contributed by atoms with Crippen molar-refractivity contribution in [3.05, 3.63) is 65.0 Å². The van der Waals surface area contributed by atoms with Crippen LogP contribution in [0.1, 0.15) is 6.92 Å². The summed E-state index contributed by atoms with van der Waals surface area (Å²) in [6.07, 6.45) is 1.13. The predicted molar refractivity (Wildman–Crippen MR) is 112 cm³/mol. The number of hydrogen-bond donors (Lipinski definition) is 0. The average molecular weight is 410 g/mol. The Morgan fingerprint density at radius 2 is 2.10 bits per heavy atom. The molecule has 0 saturated carbocycles. The maximum atomic E-state index is 13.5. The summed E-state index contributed by atoms with van der Waals surface area (Å²) in [5.41, 5.74) is 1.000. The standard InChI is InChI=1S/C22H23FN4O3/c1-3-26-12-16(30-20-7-5-4-6-19(20)26)11-25(2)21(28)13-27-14-24-18-9-8-15(23)10-17(18)22(27)29/h4-10,14,16H,3,11-13H2,1-2H3/t16-/m0/s1. The number of halogens is 1. The molecule has 2 aromatic carbocycles. The van der Waals surface area contributed by atoms with Gasteiger partial charge in [0.25, 0.3) is 5.56 Å². The molecule has 0 radical (unpaired) electrons. The van der Waals surface area contributed by atoms with Crippen molar-refractivity contribution in [3.63, 3.8) is 0 Å². The Hall–Kier alpha value is -3.42. The van der Waals surface area contributed by atoms with Gasteiger partial charge in [0.15, 0.2) is 0 Å². The van der Waals surface area contributed by atoms with Crippen molar-refractivity contribution in [1.82, 2.24) is 14.5 Å². The highest BCUT2D eigenvalue weighted by atomic mass is 19.1. The highest BCUT2D eigenvalue weighted by Gasteiger charge is 2.26. The van der Waals surface area contributed by atoms with E-state index in [0.717, 1.165) is 24.0 Å². The van der Waals surface area contributed by atoms with E-state index in [-0.39, 0.29) is 23.9 Å². The predicted octanol–water partition coefficient (Wildman–Crippen LogP) is 2.28. The number of nitrogens with zero attached hydrogens (tertiary/aromatic N) is 4. The van der Waals surface area contributed by atoms with E-state index < -0.39 is 11.4 Å². The smallest absolute Gasteiger partial charge is 0.261 e. The molecule has 0 fully saturated rings. The summed E-state index contributed by atoms with van der Waals surface area (Å²) in [5, 5.41) is 0.152. The molecule has 0 N–H and O–H groups in total. The van der Waals surface area contributed by atoms with Crippen molar-refractivity contribution in [2.24, 2.45) is 0 Å². The van der Waals surface area contributed by atoms with Crippen LogP contribution < -0.4 is 15.2 Å². The Morgan fingerprint density at radius 1 is 1.30 bits per heavy atom. The molecule has 3 aromatic rings. The summed E-state index contributed by atoms with van der Waals surface area (Å²) in [4.78, 5) is 33.3. The number of carbonyl (C=O) groups is 1. The van der Waals surface area contributed by atoms with Crippen LogP contribution in [-0.4, -0.2) is 53.1 Å². The third-order valence-electron chi connectivity index (χ3n) is 5.30. The lowest BCUT2D eigenvalue weighted by Gasteiger charge is -2.37. The number of benzene rings is 2. The second-order valence-corrected chi connectivity index (χ2v) is 7.36. The number of amides is 1. The third kappa shape index (κ3) is 3.85. The van der Waals surface area contributed by atoms with E-state index in [9.17, 15) is 14.0 Å². The first-order valence-electron chi connectivity index (χ1n) is 9.85. The zero-order valence-electron chi connectivity index (χ0n) is 16.9. The minimum absolute atomic E-state index is 0.152. The number of rotatable bonds is 5. The first-order valence-corrected chi connectivity index (χ1v) is 9.85. The van der Waals surface area contributed by atoms with E-state index in [2.05, 4.69) is 16.8 Å². The van der Waals surface area contributed by atoms with Gasteiger partial charge in [-0.3, -0.25) is 14.2 Å². The summed E-state index contributed by atoms with van der Waals surface area (Å²) < 4.78 is 20.8. The lowest BCUT2D eigenvalue weighted by molar-refractivity contribution is -0.131. The van der Waals surface area contributed by atoms with Crippen molar-refractivity contribution in [3.8, 4) is 5.75 Å². The maximum Gasteiger partial charge on any atom is 0.261 e. The number of para-hydroxylation sites is 2. The first kappa shape index (κ1) is 19.9. The van der Waals surface area contributed by atoms with Gasteiger partial charge in [-0.15, -0.1) is 0 Å². The number of aromatic nitrogens is 2. The van der Waals surface area contributed by atoms with Crippen LogP contribution in [0.15, 0.2) is 53.6 Å². The Bertz CT molecular complexity index is 1150. The van der Waals surface area contributed by atoms with Gasteiger partial charge in [0, 0.05) is 13.6 Å². The fraction of sp³-hybridized carbons (Fsp3) is 0.318. The van der Waals surface area contributed by atoms with E-state index in [0.29, 0.717) is 18.6 Å². The van der Waals surface area contributed by atoms with Gasteiger partial charge >= 0.3 is 0 Å². The van der Waals surface area contributed by atoms with Gasteiger partial charge in [0.2, 0.25) is 5.91 Å². The van der Waals surface area contributed by atoms with Crippen LogP contribution in [0.5, 0.6) is 5.75 Å². The van der Waals surface area contributed by atoms with Gasteiger partial charge in [-0.05, 0) is 37.3 Å². The van der Waals surface area contributed by atoms with Crippen LogP contribution in [0.2, 0.25) is 0 Å². The third-order valence-corrected chi connectivity index (χ3v) is 5.30. The number of ether oxygens (including phenoxy) is 1. The molecule has 4 rings (SSSR count). The normalized spacial score (nSPS) is 15.6.